The fourth-order valence-corrected chi connectivity index (χ4v) is 1.63. The van der Waals surface area contributed by atoms with Crippen molar-refractivity contribution in [1.29, 1.82) is 5.26 Å². The zero-order valence-corrected chi connectivity index (χ0v) is 8.78. The molecule has 0 N–H and O–H groups in total. The maximum Gasteiger partial charge on any atom is 0.181 e. The maximum atomic E-state index is 8.74. The van der Waals surface area contributed by atoms with Crippen LogP contribution in [0.1, 0.15) is 5.69 Å². The molecule has 0 bridgehead atoms. The molecule has 0 radical (unpaired) electrons. The molecule has 2 heterocycles. The molecule has 5 nitrogen and oxygen atoms in total. The van der Waals surface area contributed by atoms with Gasteiger partial charge in [0.25, 0.3) is 0 Å². The van der Waals surface area contributed by atoms with E-state index < -0.39 is 0 Å². The molecule has 0 atom stereocenters. The minimum absolute atomic E-state index is 0.296. The van der Waals surface area contributed by atoms with Crippen molar-refractivity contribution in [2.24, 2.45) is 0 Å². The Balaban J connectivity index is 2.23. The fourth-order valence-electron chi connectivity index (χ4n) is 1.63. The second kappa shape index (κ2) is 3.68. The monoisotopic (exact) mass is 221 g/mol. The third kappa shape index (κ3) is 1.52. The summed E-state index contributed by atoms with van der Waals surface area (Å²) in [5, 5.41) is 13.0. The normalized spacial score (nSPS) is 10.3. The highest BCUT2D eigenvalue weighted by atomic mass is 15.3. The smallest absolute Gasteiger partial charge is 0.181 e. The van der Waals surface area contributed by atoms with Gasteiger partial charge in [0.1, 0.15) is 11.6 Å². The predicted molar refractivity (Wildman–Crippen MR) is 61.4 cm³/mol. The van der Waals surface area contributed by atoms with E-state index in [0.717, 1.165) is 5.69 Å². The van der Waals surface area contributed by atoms with Gasteiger partial charge < -0.3 is 0 Å². The average molecular weight is 221 g/mol. The summed E-state index contributed by atoms with van der Waals surface area (Å²) in [7, 11) is 0. The molecular weight excluding hydrogens is 214 g/mol. The number of para-hydroxylation sites is 1. The molecule has 0 aliphatic carbocycles. The molecule has 0 fully saturated rings. The SMILES string of the molecule is N#Cc1cnc2c(cnn2-c2ccccc2)n1. The van der Waals surface area contributed by atoms with Crippen LogP contribution in [0, 0.1) is 11.3 Å². The topological polar surface area (TPSA) is 67.4 Å². The van der Waals surface area contributed by atoms with Gasteiger partial charge in [0, 0.05) is 0 Å². The first kappa shape index (κ1) is 9.48. The zero-order valence-electron chi connectivity index (χ0n) is 8.78. The molecule has 0 aliphatic rings. The average Bonchev–Trinajstić information content (AvgIpc) is 2.82. The van der Waals surface area contributed by atoms with Gasteiger partial charge in [-0.05, 0) is 12.1 Å². The van der Waals surface area contributed by atoms with Crippen LogP contribution in [0.25, 0.3) is 16.9 Å². The molecule has 17 heavy (non-hydrogen) atoms. The zero-order chi connectivity index (χ0) is 11.7. The highest BCUT2D eigenvalue weighted by molar-refractivity contribution is 5.71. The number of aromatic nitrogens is 4. The molecular formula is C12H7N5. The Morgan fingerprint density at radius 2 is 1.94 bits per heavy atom. The molecule has 0 saturated heterocycles. The minimum atomic E-state index is 0.296. The van der Waals surface area contributed by atoms with Gasteiger partial charge in [-0.15, -0.1) is 0 Å². The van der Waals surface area contributed by atoms with Gasteiger partial charge in [-0.1, -0.05) is 18.2 Å². The molecule has 0 saturated carbocycles. The quantitative estimate of drug-likeness (QED) is 0.627. The molecule has 1 aromatic carbocycles. The van der Waals surface area contributed by atoms with Gasteiger partial charge in [-0.2, -0.15) is 10.4 Å². The first-order valence-corrected chi connectivity index (χ1v) is 5.05. The lowest BCUT2D eigenvalue weighted by atomic mass is 10.3. The molecule has 3 aromatic rings. The van der Waals surface area contributed by atoms with E-state index in [0.29, 0.717) is 16.9 Å². The highest BCUT2D eigenvalue weighted by Crippen LogP contribution is 2.14. The first-order chi connectivity index (χ1) is 8.38. The second-order valence-corrected chi connectivity index (χ2v) is 3.47. The van der Waals surface area contributed by atoms with Crippen molar-refractivity contribution in [3.8, 4) is 11.8 Å². The minimum Gasteiger partial charge on any atom is -0.232 e. The Morgan fingerprint density at radius 3 is 2.71 bits per heavy atom. The molecule has 0 spiro atoms. The van der Waals surface area contributed by atoms with Crippen molar-refractivity contribution >= 4 is 11.2 Å². The number of hydrogen-bond donors (Lipinski definition) is 0. The summed E-state index contributed by atoms with van der Waals surface area (Å²) < 4.78 is 1.70. The Morgan fingerprint density at radius 1 is 1.12 bits per heavy atom. The highest BCUT2D eigenvalue weighted by Gasteiger charge is 2.07. The lowest BCUT2D eigenvalue weighted by Gasteiger charge is -2.01. The summed E-state index contributed by atoms with van der Waals surface area (Å²) in [5.41, 5.74) is 2.48. The van der Waals surface area contributed by atoms with Gasteiger partial charge in [0.2, 0.25) is 0 Å². The van der Waals surface area contributed by atoms with Gasteiger partial charge in [0.15, 0.2) is 11.3 Å². The number of rotatable bonds is 1. The molecule has 0 aliphatic heterocycles. The number of fused-ring (bicyclic) bond motifs is 1. The Kier molecular flexibility index (Phi) is 2.06. The molecule has 80 valence electrons. The summed E-state index contributed by atoms with van der Waals surface area (Å²) in [4.78, 5) is 8.34. The number of hydrogen-bond acceptors (Lipinski definition) is 4. The van der Waals surface area contributed by atoms with Crippen LogP contribution in [-0.2, 0) is 0 Å². The largest absolute Gasteiger partial charge is 0.232 e. The molecule has 3 rings (SSSR count). The molecule has 2 aromatic heterocycles. The summed E-state index contributed by atoms with van der Waals surface area (Å²) >= 11 is 0. The number of nitrogens with zero attached hydrogens (tertiary/aromatic N) is 5. The summed E-state index contributed by atoms with van der Waals surface area (Å²) in [5.74, 6) is 0. The van der Waals surface area contributed by atoms with Crippen LogP contribution in [0.2, 0.25) is 0 Å². The van der Waals surface area contributed by atoms with Crippen molar-refractivity contribution in [2.75, 3.05) is 0 Å². The lowest BCUT2D eigenvalue weighted by molar-refractivity contribution is 0.896. The molecule has 5 heteroatoms. The second-order valence-electron chi connectivity index (χ2n) is 3.47. The van der Waals surface area contributed by atoms with Crippen molar-refractivity contribution in [2.45, 2.75) is 0 Å². The van der Waals surface area contributed by atoms with E-state index in [1.54, 1.807) is 10.9 Å². The summed E-state index contributed by atoms with van der Waals surface area (Å²) in [6.07, 6.45) is 3.06. The van der Waals surface area contributed by atoms with Crippen LogP contribution in [0.4, 0.5) is 0 Å². The number of benzene rings is 1. The van der Waals surface area contributed by atoms with Crippen LogP contribution in [0.15, 0.2) is 42.7 Å². The molecule has 0 unspecified atom stereocenters. The fraction of sp³-hybridized carbons (Fsp3) is 0. The van der Waals surface area contributed by atoms with Gasteiger partial charge >= 0.3 is 0 Å². The van der Waals surface area contributed by atoms with E-state index in [-0.39, 0.29) is 0 Å². The van der Waals surface area contributed by atoms with Crippen LogP contribution in [-0.4, -0.2) is 19.7 Å². The third-order valence-corrected chi connectivity index (χ3v) is 2.39. The third-order valence-electron chi connectivity index (χ3n) is 2.39. The maximum absolute atomic E-state index is 8.74. The van der Waals surface area contributed by atoms with E-state index in [4.69, 9.17) is 5.26 Å². The van der Waals surface area contributed by atoms with Crippen molar-refractivity contribution in [3.05, 3.63) is 48.4 Å². The van der Waals surface area contributed by atoms with Gasteiger partial charge in [0.05, 0.1) is 18.1 Å². The van der Waals surface area contributed by atoms with Gasteiger partial charge in [-0.3, -0.25) is 0 Å². The standard InChI is InChI=1S/C12H7N5/c13-6-9-7-14-12-11(16-9)8-15-17(12)10-4-2-1-3-5-10/h1-5,7-8H. The van der Waals surface area contributed by atoms with Crippen molar-refractivity contribution in [3.63, 3.8) is 0 Å². The number of nitriles is 1. The Hall–Kier alpha value is -2.74. The van der Waals surface area contributed by atoms with E-state index in [1.165, 1.54) is 6.20 Å². The van der Waals surface area contributed by atoms with Crippen LogP contribution in [0.5, 0.6) is 0 Å². The Labute approximate surface area is 97.0 Å². The van der Waals surface area contributed by atoms with E-state index in [2.05, 4.69) is 15.1 Å². The Bertz CT molecular complexity index is 709. The first-order valence-electron chi connectivity index (χ1n) is 5.05. The predicted octanol–water partition coefficient (Wildman–Crippen LogP) is 1.69. The van der Waals surface area contributed by atoms with Crippen LogP contribution >= 0.6 is 0 Å². The van der Waals surface area contributed by atoms with Gasteiger partial charge in [-0.25, -0.2) is 14.6 Å². The van der Waals surface area contributed by atoms with E-state index in [1.807, 2.05) is 36.4 Å². The van der Waals surface area contributed by atoms with E-state index >= 15 is 0 Å². The molecule has 0 amide bonds. The van der Waals surface area contributed by atoms with Crippen molar-refractivity contribution in [1.82, 2.24) is 19.7 Å². The van der Waals surface area contributed by atoms with Crippen LogP contribution in [0.3, 0.4) is 0 Å². The lowest BCUT2D eigenvalue weighted by Crippen LogP contribution is -1.97. The van der Waals surface area contributed by atoms with Crippen molar-refractivity contribution < 1.29 is 0 Å². The van der Waals surface area contributed by atoms with Crippen LogP contribution < -0.4 is 0 Å². The van der Waals surface area contributed by atoms with E-state index in [9.17, 15) is 0 Å². The summed E-state index contributed by atoms with van der Waals surface area (Å²) in [6, 6.07) is 11.6. The summed E-state index contributed by atoms with van der Waals surface area (Å²) in [6.45, 7) is 0.